The Labute approximate surface area is 169 Å². The van der Waals surface area contributed by atoms with E-state index in [2.05, 4.69) is 10.3 Å². The molecule has 1 amide bonds. The van der Waals surface area contributed by atoms with E-state index < -0.39 is 0 Å². The molecule has 0 fully saturated rings. The van der Waals surface area contributed by atoms with Gasteiger partial charge in [-0.25, -0.2) is 4.98 Å². The molecular formula is C22H25N3O2S. The molecule has 0 saturated heterocycles. The smallest absolute Gasteiger partial charge is 0.262 e. The van der Waals surface area contributed by atoms with E-state index in [0.717, 1.165) is 6.42 Å². The number of thioether (sulfide) groups is 1. The lowest BCUT2D eigenvalue weighted by Crippen LogP contribution is -2.33. The second-order valence-corrected chi connectivity index (χ2v) is 8.28. The Bertz CT molecular complexity index is 1020. The summed E-state index contributed by atoms with van der Waals surface area (Å²) in [4.78, 5) is 30.1. The molecule has 3 aromatic rings. The van der Waals surface area contributed by atoms with Crippen LogP contribution in [0.3, 0.4) is 0 Å². The van der Waals surface area contributed by atoms with Gasteiger partial charge in [0.1, 0.15) is 0 Å². The number of rotatable bonds is 7. The summed E-state index contributed by atoms with van der Waals surface area (Å²) in [5, 5.41) is 3.80. The number of nitrogens with one attached hydrogen (secondary N) is 1. The molecular weight excluding hydrogens is 370 g/mol. The summed E-state index contributed by atoms with van der Waals surface area (Å²) in [5.74, 6) is -0.0568. The number of para-hydroxylation sites is 1. The number of aromatic nitrogens is 2. The zero-order valence-electron chi connectivity index (χ0n) is 16.4. The van der Waals surface area contributed by atoms with Gasteiger partial charge in [-0.05, 0) is 44.9 Å². The Morgan fingerprint density at radius 3 is 2.46 bits per heavy atom. The first-order chi connectivity index (χ1) is 13.5. The van der Waals surface area contributed by atoms with E-state index in [0.29, 0.717) is 22.6 Å². The molecule has 0 aliphatic carbocycles. The van der Waals surface area contributed by atoms with Gasteiger partial charge in [0.25, 0.3) is 5.56 Å². The maximum absolute atomic E-state index is 12.9. The normalized spacial score (nSPS) is 12.3. The fourth-order valence-electron chi connectivity index (χ4n) is 2.99. The van der Waals surface area contributed by atoms with E-state index >= 15 is 0 Å². The number of nitrogens with zero attached hydrogens (tertiary/aromatic N) is 2. The lowest BCUT2D eigenvalue weighted by molar-refractivity contribution is -0.120. The SMILES string of the molecule is CC(C)n1c(S[C@@H](C)C(=O)NCCc2ccccc2)nc2ccccc2c1=O. The third-order valence-electron chi connectivity index (χ3n) is 4.50. The Hall–Kier alpha value is -2.60. The number of benzene rings is 2. The van der Waals surface area contributed by atoms with Crippen molar-refractivity contribution >= 4 is 28.6 Å². The van der Waals surface area contributed by atoms with Crippen LogP contribution >= 0.6 is 11.8 Å². The predicted octanol–water partition coefficient (Wildman–Crippen LogP) is 3.82. The third kappa shape index (κ3) is 4.62. The summed E-state index contributed by atoms with van der Waals surface area (Å²) in [5.41, 5.74) is 1.77. The van der Waals surface area contributed by atoms with E-state index in [1.807, 2.05) is 69.3 Å². The molecule has 0 radical (unpaired) electrons. The van der Waals surface area contributed by atoms with E-state index in [-0.39, 0.29) is 22.8 Å². The zero-order valence-corrected chi connectivity index (χ0v) is 17.2. The van der Waals surface area contributed by atoms with Crippen LogP contribution in [0.5, 0.6) is 0 Å². The minimum absolute atomic E-state index is 0.0413. The lowest BCUT2D eigenvalue weighted by Gasteiger charge is -2.18. The quantitative estimate of drug-likeness (QED) is 0.488. The number of amides is 1. The fraction of sp³-hybridized carbons (Fsp3) is 0.318. The lowest BCUT2D eigenvalue weighted by atomic mass is 10.1. The maximum Gasteiger partial charge on any atom is 0.262 e. The monoisotopic (exact) mass is 395 g/mol. The zero-order chi connectivity index (χ0) is 20.1. The van der Waals surface area contributed by atoms with Gasteiger partial charge in [0, 0.05) is 12.6 Å². The van der Waals surface area contributed by atoms with Crippen molar-refractivity contribution in [1.82, 2.24) is 14.9 Å². The van der Waals surface area contributed by atoms with Crippen LogP contribution < -0.4 is 10.9 Å². The molecule has 2 aromatic carbocycles. The second kappa shape index (κ2) is 9.06. The molecule has 6 heteroatoms. The number of carbonyl (C=O) groups is 1. The molecule has 1 N–H and O–H groups in total. The largest absolute Gasteiger partial charge is 0.355 e. The first-order valence-corrected chi connectivity index (χ1v) is 10.3. The first kappa shape index (κ1) is 20.1. The van der Waals surface area contributed by atoms with E-state index in [1.54, 1.807) is 10.6 Å². The summed E-state index contributed by atoms with van der Waals surface area (Å²) in [6, 6.07) is 17.3. The third-order valence-corrected chi connectivity index (χ3v) is 5.57. The van der Waals surface area contributed by atoms with Crippen LogP contribution in [0.1, 0.15) is 32.4 Å². The standard InChI is InChI=1S/C22H25N3O2S/c1-15(2)25-21(27)18-11-7-8-12-19(18)24-22(25)28-16(3)20(26)23-14-13-17-9-5-4-6-10-17/h4-12,15-16H,13-14H2,1-3H3,(H,23,26)/t16-/m0/s1. The molecule has 0 spiro atoms. The summed E-state index contributed by atoms with van der Waals surface area (Å²) in [6.45, 7) is 6.32. The van der Waals surface area contributed by atoms with Crippen molar-refractivity contribution in [2.24, 2.45) is 0 Å². The van der Waals surface area contributed by atoms with Crippen molar-refractivity contribution in [3.63, 3.8) is 0 Å². The van der Waals surface area contributed by atoms with E-state index in [1.165, 1.54) is 17.3 Å². The predicted molar refractivity (Wildman–Crippen MR) is 115 cm³/mol. The van der Waals surface area contributed by atoms with Crippen molar-refractivity contribution in [3.05, 3.63) is 70.5 Å². The fourth-order valence-corrected chi connectivity index (χ4v) is 4.06. The van der Waals surface area contributed by atoms with Crippen LogP contribution in [0.2, 0.25) is 0 Å². The number of hydrogen-bond donors (Lipinski definition) is 1. The van der Waals surface area contributed by atoms with Crippen LogP contribution in [0.15, 0.2) is 64.5 Å². The molecule has 1 heterocycles. The van der Waals surface area contributed by atoms with Gasteiger partial charge < -0.3 is 5.32 Å². The number of carbonyl (C=O) groups excluding carboxylic acids is 1. The average Bonchev–Trinajstić information content (AvgIpc) is 2.68. The Morgan fingerprint density at radius 2 is 1.75 bits per heavy atom. The highest BCUT2D eigenvalue weighted by atomic mass is 32.2. The van der Waals surface area contributed by atoms with Gasteiger partial charge in [0.2, 0.25) is 5.91 Å². The van der Waals surface area contributed by atoms with Gasteiger partial charge in [-0.3, -0.25) is 14.2 Å². The van der Waals surface area contributed by atoms with Gasteiger partial charge in [-0.2, -0.15) is 0 Å². The molecule has 0 saturated carbocycles. The van der Waals surface area contributed by atoms with Gasteiger partial charge in [0.05, 0.1) is 16.2 Å². The Kier molecular flexibility index (Phi) is 6.52. The van der Waals surface area contributed by atoms with Gasteiger partial charge in [-0.15, -0.1) is 0 Å². The summed E-state index contributed by atoms with van der Waals surface area (Å²) >= 11 is 1.32. The van der Waals surface area contributed by atoms with E-state index in [4.69, 9.17) is 0 Å². The van der Waals surface area contributed by atoms with Crippen LogP contribution in [-0.2, 0) is 11.2 Å². The van der Waals surface area contributed by atoms with E-state index in [9.17, 15) is 9.59 Å². The van der Waals surface area contributed by atoms with Crippen molar-refractivity contribution in [3.8, 4) is 0 Å². The number of fused-ring (bicyclic) bond motifs is 1. The minimum atomic E-state index is -0.353. The van der Waals surface area contributed by atoms with Gasteiger partial charge in [0.15, 0.2) is 5.16 Å². The topological polar surface area (TPSA) is 64.0 Å². The molecule has 28 heavy (non-hydrogen) atoms. The summed E-state index contributed by atoms with van der Waals surface area (Å²) in [7, 11) is 0. The van der Waals surface area contributed by atoms with Crippen molar-refractivity contribution in [2.75, 3.05) is 6.54 Å². The highest BCUT2D eigenvalue weighted by Gasteiger charge is 2.20. The molecule has 146 valence electrons. The molecule has 0 aliphatic rings. The van der Waals surface area contributed by atoms with Gasteiger partial charge in [-0.1, -0.05) is 54.2 Å². The maximum atomic E-state index is 12.9. The van der Waals surface area contributed by atoms with Crippen LogP contribution in [0.4, 0.5) is 0 Å². The molecule has 0 aliphatic heterocycles. The minimum Gasteiger partial charge on any atom is -0.355 e. The Balaban J connectivity index is 1.73. The molecule has 0 unspecified atom stereocenters. The molecule has 0 bridgehead atoms. The van der Waals surface area contributed by atoms with Crippen LogP contribution in [0, 0.1) is 0 Å². The van der Waals surface area contributed by atoms with Crippen molar-refractivity contribution in [2.45, 2.75) is 43.6 Å². The highest BCUT2D eigenvalue weighted by molar-refractivity contribution is 8.00. The van der Waals surface area contributed by atoms with Crippen molar-refractivity contribution in [1.29, 1.82) is 0 Å². The van der Waals surface area contributed by atoms with Crippen LogP contribution in [-0.4, -0.2) is 27.3 Å². The van der Waals surface area contributed by atoms with Crippen LogP contribution in [0.25, 0.3) is 10.9 Å². The first-order valence-electron chi connectivity index (χ1n) is 9.47. The number of hydrogen-bond acceptors (Lipinski definition) is 4. The van der Waals surface area contributed by atoms with Gasteiger partial charge >= 0.3 is 0 Å². The molecule has 1 atom stereocenters. The molecule has 3 rings (SSSR count). The Morgan fingerprint density at radius 1 is 1.07 bits per heavy atom. The summed E-state index contributed by atoms with van der Waals surface area (Å²) < 4.78 is 1.67. The second-order valence-electron chi connectivity index (χ2n) is 6.97. The summed E-state index contributed by atoms with van der Waals surface area (Å²) in [6.07, 6.45) is 0.787. The van der Waals surface area contributed by atoms with Crippen molar-refractivity contribution < 1.29 is 4.79 Å². The highest BCUT2D eigenvalue weighted by Crippen LogP contribution is 2.24. The molecule has 1 aromatic heterocycles. The molecule has 5 nitrogen and oxygen atoms in total. The average molecular weight is 396 g/mol.